The van der Waals surface area contributed by atoms with E-state index in [9.17, 15) is 10.2 Å². The van der Waals surface area contributed by atoms with Gasteiger partial charge in [-0.15, -0.1) is 0 Å². The third-order valence-corrected chi connectivity index (χ3v) is 3.75. The van der Waals surface area contributed by atoms with Crippen LogP contribution in [0.3, 0.4) is 0 Å². The van der Waals surface area contributed by atoms with Crippen LogP contribution in [0.5, 0.6) is 0 Å². The fourth-order valence-electron chi connectivity index (χ4n) is 2.22. The van der Waals surface area contributed by atoms with Crippen molar-refractivity contribution in [1.82, 2.24) is 0 Å². The van der Waals surface area contributed by atoms with Crippen molar-refractivity contribution in [2.75, 3.05) is 0 Å². The first-order chi connectivity index (χ1) is 7.82. The second-order valence-corrected chi connectivity index (χ2v) is 5.88. The van der Waals surface area contributed by atoms with Crippen molar-refractivity contribution in [2.24, 2.45) is 11.8 Å². The molecule has 1 aliphatic rings. The van der Waals surface area contributed by atoms with Gasteiger partial charge in [0.1, 0.15) is 0 Å². The molecular formula is C15H26O2. The highest BCUT2D eigenvalue weighted by molar-refractivity contribution is 5.08. The molecule has 0 radical (unpaired) electrons. The molecule has 1 aliphatic carbocycles. The van der Waals surface area contributed by atoms with Crippen molar-refractivity contribution in [3.8, 4) is 0 Å². The van der Waals surface area contributed by atoms with Crippen molar-refractivity contribution in [3.05, 3.63) is 24.3 Å². The van der Waals surface area contributed by atoms with Gasteiger partial charge in [-0.1, -0.05) is 32.6 Å². The summed E-state index contributed by atoms with van der Waals surface area (Å²) in [6, 6.07) is 0. The summed E-state index contributed by atoms with van der Waals surface area (Å²) in [6.07, 6.45) is 6.60. The van der Waals surface area contributed by atoms with E-state index in [1.165, 1.54) is 0 Å². The van der Waals surface area contributed by atoms with Gasteiger partial charge in [0.2, 0.25) is 0 Å². The van der Waals surface area contributed by atoms with Crippen LogP contribution in [0.15, 0.2) is 24.3 Å². The molecule has 2 N–H and O–H groups in total. The minimum atomic E-state index is -0.814. The normalized spacial score (nSPS) is 38.1. The van der Waals surface area contributed by atoms with Crippen LogP contribution in [0.4, 0.5) is 0 Å². The van der Waals surface area contributed by atoms with Crippen molar-refractivity contribution >= 4 is 0 Å². The molecule has 2 heteroatoms. The lowest BCUT2D eigenvalue weighted by Gasteiger charge is -2.26. The van der Waals surface area contributed by atoms with E-state index in [2.05, 4.69) is 26.5 Å². The predicted octanol–water partition coefficient (Wildman–Crippen LogP) is 3.06. The first-order valence-electron chi connectivity index (χ1n) is 6.59. The molecule has 0 aromatic carbocycles. The molecule has 0 aromatic rings. The molecule has 0 fully saturated rings. The van der Waals surface area contributed by atoms with Crippen LogP contribution in [-0.2, 0) is 0 Å². The first-order valence-corrected chi connectivity index (χ1v) is 6.59. The fourth-order valence-corrected chi connectivity index (χ4v) is 2.22. The van der Waals surface area contributed by atoms with E-state index >= 15 is 0 Å². The molecule has 17 heavy (non-hydrogen) atoms. The van der Waals surface area contributed by atoms with E-state index in [-0.39, 0.29) is 0 Å². The van der Waals surface area contributed by atoms with Crippen LogP contribution in [0, 0.1) is 11.8 Å². The Kier molecular flexibility index (Phi) is 4.96. The lowest BCUT2D eigenvalue weighted by atomic mass is 9.84. The zero-order valence-electron chi connectivity index (χ0n) is 11.3. The van der Waals surface area contributed by atoms with Crippen LogP contribution in [0.25, 0.3) is 0 Å². The van der Waals surface area contributed by atoms with E-state index in [4.69, 9.17) is 0 Å². The SMILES string of the molecule is C=C1CC[C@@H](C(C)C)/C=C\[C@@](C)(O)CC[C@H]1O. The number of aliphatic hydroxyl groups excluding tert-OH is 1. The van der Waals surface area contributed by atoms with E-state index < -0.39 is 11.7 Å². The third-order valence-electron chi connectivity index (χ3n) is 3.75. The van der Waals surface area contributed by atoms with Gasteiger partial charge in [0, 0.05) is 0 Å². The lowest BCUT2D eigenvalue weighted by Crippen LogP contribution is -2.25. The summed E-state index contributed by atoms with van der Waals surface area (Å²) in [5.41, 5.74) is 0.0906. The van der Waals surface area contributed by atoms with Gasteiger partial charge in [-0.2, -0.15) is 0 Å². The van der Waals surface area contributed by atoms with Crippen LogP contribution in [-0.4, -0.2) is 21.9 Å². The lowest BCUT2D eigenvalue weighted by molar-refractivity contribution is 0.0781. The molecule has 0 aromatic heterocycles. The summed E-state index contributed by atoms with van der Waals surface area (Å²) in [5, 5.41) is 20.1. The zero-order chi connectivity index (χ0) is 13.1. The molecule has 0 aliphatic heterocycles. The molecule has 0 spiro atoms. The van der Waals surface area contributed by atoms with Crippen molar-refractivity contribution in [3.63, 3.8) is 0 Å². The Labute approximate surface area is 105 Å². The van der Waals surface area contributed by atoms with Gasteiger partial charge in [0.05, 0.1) is 11.7 Å². The zero-order valence-corrected chi connectivity index (χ0v) is 11.3. The van der Waals surface area contributed by atoms with Crippen LogP contribution in [0.2, 0.25) is 0 Å². The number of hydrogen-bond acceptors (Lipinski definition) is 2. The van der Waals surface area contributed by atoms with Crippen molar-refractivity contribution in [2.45, 2.75) is 58.2 Å². The highest BCUT2D eigenvalue weighted by Gasteiger charge is 2.23. The second-order valence-electron chi connectivity index (χ2n) is 5.88. The third kappa shape index (κ3) is 4.64. The van der Waals surface area contributed by atoms with Gasteiger partial charge in [-0.25, -0.2) is 0 Å². The number of rotatable bonds is 1. The topological polar surface area (TPSA) is 40.5 Å². The summed E-state index contributed by atoms with van der Waals surface area (Å²) in [4.78, 5) is 0. The van der Waals surface area contributed by atoms with Gasteiger partial charge < -0.3 is 10.2 Å². The van der Waals surface area contributed by atoms with Gasteiger partial charge in [0.25, 0.3) is 0 Å². The molecule has 98 valence electrons. The molecule has 0 saturated heterocycles. The standard InChI is InChI=1S/C15H26O2/c1-11(2)13-6-5-12(3)14(16)8-10-15(4,17)9-7-13/h7,9,11,13-14,16-17H,3,5-6,8,10H2,1-2,4H3/b9-7-/t13-,14-,15-/m1/s1. The average Bonchev–Trinajstić information content (AvgIpc) is 2.24. The Morgan fingerprint density at radius 3 is 2.65 bits per heavy atom. The number of aliphatic hydroxyl groups is 2. The molecule has 3 atom stereocenters. The molecule has 0 heterocycles. The highest BCUT2D eigenvalue weighted by Crippen LogP contribution is 2.27. The van der Waals surface area contributed by atoms with Crippen molar-refractivity contribution in [1.29, 1.82) is 0 Å². The van der Waals surface area contributed by atoms with E-state index in [1.54, 1.807) is 6.92 Å². The highest BCUT2D eigenvalue weighted by atomic mass is 16.3. The van der Waals surface area contributed by atoms with E-state index in [0.717, 1.165) is 18.4 Å². The summed E-state index contributed by atoms with van der Waals surface area (Å²) in [5.74, 6) is 0.995. The molecule has 0 amide bonds. The van der Waals surface area contributed by atoms with Crippen molar-refractivity contribution < 1.29 is 10.2 Å². The molecule has 1 rings (SSSR count). The predicted molar refractivity (Wildman–Crippen MR) is 71.7 cm³/mol. The minimum absolute atomic E-state index is 0.448. The van der Waals surface area contributed by atoms with Crippen LogP contribution >= 0.6 is 0 Å². The van der Waals surface area contributed by atoms with Crippen LogP contribution < -0.4 is 0 Å². The Morgan fingerprint density at radius 1 is 1.41 bits per heavy atom. The molecule has 0 unspecified atom stereocenters. The summed E-state index contributed by atoms with van der Waals surface area (Å²) < 4.78 is 0. The number of allylic oxidation sites excluding steroid dienone is 1. The maximum atomic E-state index is 10.2. The Balaban J connectivity index is 2.83. The smallest absolute Gasteiger partial charge is 0.0800 e. The monoisotopic (exact) mass is 238 g/mol. The maximum Gasteiger partial charge on any atom is 0.0800 e. The largest absolute Gasteiger partial charge is 0.389 e. The molecule has 0 saturated carbocycles. The minimum Gasteiger partial charge on any atom is -0.389 e. The van der Waals surface area contributed by atoms with E-state index in [1.807, 2.05) is 6.08 Å². The van der Waals surface area contributed by atoms with E-state index in [0.29, 0.717) is 24.7 Å². The van der Waals surface area contributed by atoms with Gasteiger partial charge in [-0.3, -0.25) is 0 Å². The van der Waals surface area contributed by atoms with Crippen LogP contribution in [0.1, 0.15) is 46.5 Å². The van der Waals surface area contributed by atoms with Gasteiger partial charge >= 0.3 is 0 Å². The molecular weight excluding hydrogens is 212 g/mol. The fraction of sp³-hybridized carbons (Fsp3) is 0.733. The summed E-state index contributed by atoms with van der Waals surface area (Å²) in [7, 11) is 0. The van der Waals surface area contributed by atoms with Gasteiger partial charge in [-0.05, 0) is 50.0 Å². The average molecular weight is 238 g/mol. The second kappa shape index (κ2) is 5.83. The Morgan fingerprint density at radius 2 is 2.06 bits per heavy atom. The number of hydrogen-bond donors (Lipinski definition) is 2. The molecule has 0 bridgehead atoms. The Hall–Kier alpha value is -0.600. The Bertz CT molecular complexity index is 289. The maximum absolute atomic E-state index is 10.2. The first kappa shape index (κ1) is 14.5. The quantitative estimate of drug-likeness (QED) is 0.689. The van der Waals surface area contributed by atoms with Gasteiger partial charge in [0.15, 0.2) is 0 Å². The summed E-state index contributed by atoms with van der Waals surface area (Å²) >= 11 is 0. The summed E-state index contributed by atoms with van der Waals surface area (Å²) in [6.45, 7) is 10.1. The molecule has 2 nitrogen and oxygen atoms in total.